The molecule has 0 bridgehead atoms. The first-order valence-corrected chi connectivity index (χ1v) is 12.8. The van der Waals surface area contributed by atoms with Gasteiger partial charge in [0.15, 0.2) is 0 Å². The van der Waals surface area contributed by atoms with Gasteiger partial charge in [-0.2, -0.15) is 0 Å². The largest absolute Gasteiger partial charge is 0.497 e. The zero-order chi connectivity index (χ0) is 24.5. The molecule has 0 atom stereocenters. The lowest BCUT2D eigenvalue weighted by Gasteiger charge is -2.20. The molecule has 0 unspecified atom stereocenters. The molecule has 0 spiro atoms. The number of carbonyl (C=O) groups excluding carboxylic acids is 1. The van der Waals surface area contributed by atoms with Crippen LogP contribution in [-0.2, 0) is 11.2 Å². The number of amides is 1. The summed E-state index contributed by atoms with van der Waals surface area (Å²) in [5.74, 6) is 1.27. The van der Waals surface area contributed by atoms with Crippen LogP contribution in [0.4, 0.5) is 5.82 Å². The van der Waals surface area contributed by atoms with Crippen LogP contribution >= 0.6 is 24.0 Å². The van der Waals surface area contributed by atoms with Gasteiger partial charge < -0.3 is 9.64 Å². The van der Waals surface area contributed by atoms with E-state index in [1.54, 1.807) is 28.7 Å². The molecule has 0 N–H and O–H groups in total. The molecular weight excluding hydrogens is 480 g/mol. The molecule has 4 heterocycles. The van der Waals surface area contributed by atoms with Crippen molar-refractivity contribution in [3.8, 4) is 5.75 Å². The Hall–Kier alpha value is -3.17. The molecule has 9 heteroatoms. The average molecular weight is 507 g/mol. The first kappa shape index (κ1) is 23.6. The average Bonchev–Trinajstić information content (AvgIpc) is 3.49. The van der Waals surface area contributed by atoms with Crippen LogP contribution in [0.1, 0.15) is 29.5 Å². The van der Waals surface area contributed by atoms with Crippen molar-refractivity contribution >= 4 is 51.7 Å². The number of hydrogen-bond acceptors (Lipinski definition) is 7. The van der Waals surface area contributed by atoms with Gasteiger partial charge >= 0.3 is 0 Å². The Labute approximate surface area is 213 Å². The summed E-state index contributed by atoms with van der Waals surface area (Å²) in [6, 6.07) is 11.6. The Balaban J connectivity index is 1.47. The molecule has 2 saturated heterocycles. The van der Waals surface area contributed by atoms with Crippen LogP contribution in [-0.4, -0.2) is 51.3 Å². The third-order valence-corrected chi connectivity index (χ3v) is 7.78. The van der Waals surface area contributed by atoms with Crippen molar-refractivity contribution < 1.29 is 9.53 Å². The fourth-order valence-corrected chi connectivity index (χ4v) is 5.74. The van der Waals surface area contributed by atoms with E-state index >= 15 is 0 Å². The van der Waals surface area contributed by atoms with Crippen LogP contribution in [0.2, 0.25) is 0 Å². The molecule has 2 fully saturated rings. The molecule has 5 rings (SSSR count). The first-order chi connectivity index (χ1) is 17.0. The van der Waals surface area contributed by atoms with Gasteiger partial charge in [-0.3, -0.25) is 18.9 Å². The maximum absolute atomic E-state index is 13.6. The number of carbonyl (C=O) groups is 1. The van der Waals surface area contributed by atoms with Gasteiger partial charge in [0.1, 0.15) is 21.5 Å². The van der Waals surface area contributed by atoms with Gasteiger partial charge in [-0.25, -0.2) is 4.98 Å². The van der Waals surface area contributed by atoms with Crippen LogP contribution in [0.25, 0.3) is 11.7 Å². The third-order valence-electron chi connectivity index (χ3n) is 6.40. The number of methoxy groups -OCH3 is 1. The predicted molar refractivity (Wildman–Crippen MR) is 144 cm³/mol. The van der Waals surface area contributed by atoms with Gasteiger partial charge in [0.05, 0.1) is 17.6 Å². The standard InChI is InChI=1S/C26H26N4O3S2/c1-17-6-5-14-29-22(17)27-23(28-12-3-4-13-28)20(24(29)31)16-21-25(32)30(26(34)35-21)15-11-18-7-9-19(33-2)10-8-18/h5-10,14,16H,3-4,11-13,15H2,1-2H3/b21-16+. The summed E-state index contributed by atoms with van der Waals surface area (Å²) < 4.78 is 7.27. The van der Waals surface area contributed by atoms with E-state index in [4.69, 9.17) is 21.9 Å². The minimum Gasteiger partial charge on any atom is -0.497 e. The lowest BCUT2D eigenvalue weighted by atomic mass is 10.1. The molecule has 2 aliphatic heterocycles. The summed E-state index contributed by atoms with van der Waals surface area (Å²) in [6.07, 6.45) is 6.19. The Kier molecular flexibility index (Phi) is 6.62. The topological polar surface area (TPSA) is 67.2 Å². The Bertz CT molecular complexity index is 1390. The first-order valence-electron chi connectivity index (χ1n) is 11.6. The highest BCUT2D eigenvalue weighted by molar-refractivity contribution is 8.26. The van der Waals surface area contributed by atoms with Gasteiger partial charge in [-0.15, -0.1) is 0 Å². The molecular formula is C26H26N4O3S2. The van der Waals surface area contributed by atoms with E-state index in [0.717, 1.165) is 42.8 Å². The molecule has 0 saturated carbocycles. The number of thioether (sulfide) groups is 1. The Morgan fingerprint density at radius 1 is 1.14 bits per heavy atom. The van der Waals surface area contributed by atoms with Crippen molar-refractivity contribution in [3.63, 3.8) is 0 Å². The number of ether oxygens (including phenoxy) is 1. The van der Waals surface area contributed by atoms with Crippen molar-refractivity contribution in [2.24, 2.45) is 0 Å². The second kappa shape index (κ2) is 9.83. The zero-order valence-electron chi connectivity index (χ0n) is 19.7. The fraction of sp³-hybridized carbons (Fsp3) is 0.308. The molecule has 2 aromatic heterocycles. The molecule has 35 heavy (non-hydrogen) atoms. The maximum atomic E-state index is 13.6. The number of rotatable bonds is 6. The number of aryl methyl sites for hydroxylation is 1. The van der Waals surface area contributed by atoms with E-state index in [1.807, 2.05) is 43.3 Å². The van der Waals surface area contributed by atoms with Gasteiger partial charge in [0.2, 0.25) is 0 Å². The summed E-state index contributed by atoms with van der Waals surface area (Å²) in [5, 5.41) is 0. The minimum absolute atomic E-state index is 0.172. The maximum Gasteiger partial charge on any atom is 0.267 e. The van der Waals surface area contributed by atoms with E-state index in [2.05, 4.69) is 4.90 Å². The molecule has 0 radical (unpaired) electrons. The summed E-state index contributed by atoms with van der Waals surface area (Å²) in [7, 11) is 1.63. The predicted octanol–water partition coefficient (Wildman–Crippen LogP) is 4.06. The summed E-state index contributed by atoms with van der Waals surface area (Å²) in [6.45, 7) is 4.11. The van der Waals surface area contributed by atoms with Gasteiger partial charge in [-0.1, -0.05) is 42.2 Å². The normalized spacial score (nSPS) is 17.3. The van der Waals surface area contributed by atoms with Crippen molar-refractivity contribution in [1.29, 1.82) is 0 Å². The van der Waals surface area contributed by atoms with Crippen LogP contribution in [0.5, 0.6) is 5.75 Å². The van der Waals surface area contributed by atoms with Crippen molar-refractivity contribution in [2.75, 3.05) is 31.6 Å². The number of hydrogen-bond donors (Lipinski definition) is 0. The second-order valence-corrected chi connectivity index (χ2v) is 10.3. The highest BCUT2D eigenvalue weighted by Crippen LogP contribution is 2.34. The smallest absolute Gasteiger partial charge is 0.267 e. The lowest BCUT2D eigenvalue weighted by molar-refractivity contribution is -0.122. The molecule has 180 valence electrons. The van der Waals surface area contributed by atoms with E-state index in [-0.39, 0.29) is 11.5 Å². The molecule has 0 aliphatic carbocycles. The van der Waals surface area contributed by atoms with Crippen LogP contribution in [0.3, 0.4) is 0 Å². The molecule has 1 aromatic carbocycles. The van der Waals surface area contributed by atoms with E-state index < -0.39 is 0 Å². The highest BCUT2D eigenvalue weighted by atomic mass is 32.2. The van der Waals surface area contributed by atoms with Crippen molar-refractivity contribution in [3.05, 3.63) is 74.5 Å². The molecule has 3 aromatic rings. The number of nitrogens with zero attached hydrogens (tertiary/aromatic N) is 4. The van der Waals surface area contributed by atoms with E-state index in [1.165, 1.54) is 11.8 Å². The number of thiocarbonyl (C=S) groups is 1. The Morgan fingerprint density at radius 3 is 2.60 bits per heavy atom. The van der Waals surface area contributed by atoms with Crippen LogP contribution < -0.4 is 15.2 Å². The van der Waals surface area contributed by atoms with Crippen molar-refractivity contribution in [1.82, 2.24) is 14.3 Å². The summed E-state index contributed by atoms with van der Waals surface area (Å²) >= 11 is 6.77. The number of pyridine rings is 1. The lowest BCUT2D eigenvalue weighted by Crippen LogP contribution is -2.30. The number of aromatic nitrogens is 2. The SMILES string of the molecule is COc1ccc(CCN2C(=O)/C(=C\c3c(N4CCCC4)nc4c(C)cccn4c3=O)SC2=S)cc1. The molecule has 7 nitrogen and oxygen atoms in total. The van der Waals surface area contributed by atoms with Gasteiger partial charge in [-0.05, 0) is 61.6 Å². The number of fused-ring (bicyclic) bond motifs is 1. The zero-order valence-corrected chi connectivity index (χ0v) is 21.3. The number of benzene rings is 1. The molecule has 2 aliphatic rings. The highest BCUT2D eigenvalue weighted by Gasteiger charge is 2.33. The monoisotopic (exact) mass is 506 g/mol. The van der Waals surface area contributed by atoms with Gasteiger partial charge in [0, 0.05) is 25.8 Å². The van der Waals surface area contributed by atoms with E-state index in [9.17, 15) is 9.59 Å². The minimum atomic E-state index is -0.177. The fourth-order valence-electron chi connectivity index (χ4n) is 4.45. The quantitative estimate of drug-likeness (QED) is 0.369. The van der Waals surface area contributed by atoms with Crippen molar-refractivity contribution in [2.45, 2.75) is 26.2 Å². The summed E-state index contributed by atoms with van der Waals surface area (Å²) in [4.78, 5) is 35.9. The van der Waals surface area contributed by atoms with E-state index in [0.29, 0.717) is 39.2 Å². The van der Waals surface area contributed by atoms with Crippen LogP contribution in [0.15, 0.2) is 52.3 Å². The number of anilines is 1. The summed E-state index contributed by atoms with van der Waals surface area (Å²) in [5.41, 5.74) is 2.92. The second-order valence-electron chi connectivity index (χ2n) is 8.66. The van der Waals surface area contributed by atoms with Crippen LogP contribution in [0, 0.1) is 6.92 Å². The molecule has 1 amide bonds. The Morgan fingerprint density at radius 2 is 1.89 bits per heavy atom. The third kappa shape index (κ3) is 4.58. The van der Waals surface area contributed by atoms with Gasteiger partial charge in [0.25, 0.3) is 11.5 Å².